The summed E-state index contributed by atoms with van der Waals surface area (Å²) >= 11 is -2.49. The summed E-state index contributed by atoms with van der Waals surface area (Å²) in [6.45, 7) is 0. The Labute approximate surface area is 77.3 Å². The Morgan fingerprint density at radius 3 is 2.42 bits per heavy atom. The number of hydrogen-bond donors (Lipinski definition) is 0. The van der Waals surface area contributed by atoms with E-state index < -0.39 is 13.9 Å². The van der Waals surface area contributed by atoms with E-state index in [4.69, 9.17) is 7.53 Å². The van der Waals surface area contributed by atoms with Crippen molar-refractivity contribution in [3.05, 3.63) is 22.6 Å². The van der Waals surface area contributed by atoms with Crippen LogP contribution in [0.1, 0.15) is 12.8 Å². The maximum atomic E-state index is 5.49. The van der Waals surface area contributed by atoms with Gasteiger partial charge >= 0.3 is 76.9 Å². The summed E-state index contributed by atoms with van der Waals surface area (Å²) in [5.74, 6) is 2.13. The van der Waals surface area contributed by atoms with Gasteiger partial charge in [-0.3, -0.25) is 0 Å². The number of rotatable bonds is 3. The second-order valence-corrected chi connectivity index (χ2v) is 10.0. The van der Waals surface area contributed by atoms with Gasteiger partial charge in [0.15, 0.2) is 0 Å². The van der Waals surface area contributed by atoms with Crippen LogP contribution >= 0.6 is 0 Å². The van der Waals surface area contributed by atoms with Crippen molar-refractivity contribution >= 4 is 13.9 Å². The van der Waals surface area contributed by atoms with E-state index in [9.17, 15) is 0 Å². The van der Waals surface area contributed by atoms with Gasteiger partial charge in [0, 0.05) is 0 Å². The summed E-state index contributed by atoms with van der Waals surface area (Å²) in [7, 11) is 3.51. The molecule has 0 unspecified atom stereocenters. The molecular weight excluding hydrogens is 213 g/mol. The first-order valence-corrected chi connectivity index (χ1v) is 9.05. The monoisotopic (exact) mass is 230 g/mol. The molecule has 1 rings (SSSR count). The maximum absolute atomic E-state index is 5.49. The summed E-state index contributed by atoms with van der Waals surface area (Å²) in [6, 6.07) is 0. The van der Waals surface area contributed by atoms with Gasteiger partial charge in [-0.15, -0.1) is 0 Å². The molecule has 3 heteroatoms. The molecule has 12 heavy (non-hydrogen) atoms. The summed E-state index contributed by atoms with van der Waals surface area (Å²) in [5.41, 5.74) is 0. The van der Waals surface area contributed by atoms with Crippen molar-refractivity contribution in [2.45, 2.75) is 18.6 Å². The molecular formula is C9H16GeO2. The Morgan fingerprint density at radius 1 is 1.33 bits per heavy atom. The van der Waals surface area contributed by atoms with Crippen LogP contribution < -0.4 is 0 Å². The molecule has 0 radical (unpaired) electrons. The van der Waals surface area contributed by atoms with Gasteiger partial charge in [-0.25, -0.2) is 0 Å². The van der Waals surface area contributed by atoms with Gasteiger partial charge in [0.05, 0.1) is 0 Å². The minimum atomic E-state index is -2.49. The quantitative estimate of drug-likeness (QED) is 0.690. The van der Waals surface area contributed by atoms with Gasteiger partial charge in [-0.2, -0.15) is 0 Å². The fourth-order valence-electron chi connectivity index (χ4n) is 1.33. The van der Waals surface area contributed by atoms with Crippen LogP contribution in [0.2, 0.25) is 5.76 Å². The van der Waals surface area contributed by atoms with Crippen molar-refractivity contribution in [2.75, 3.05) is 14.2 Å². The SMILES string of the molecule is C[O][Ge]([CH3])([O]C)[C]1=CC=CCC1. The second kappa shape index (κ2) is 4.26. The molecule has 0 saturated carbocycles. The second-order valence-electron chi connectivity index (χ2n) is 3.01. The van der Waals surface area contributed by atoms with Crippen LogP contribution in [-0.4, -0.2) is 28.2 Å². The molecule has 0 N–H and O–H groups in total. The summed E-state index contributed by atoms with van der Waals surface area (Å²) in [6.07, 6.45) is 8.66. The fourth-order valence-corrected chi connectivity index (χ4v) is 4.87. The average molecular weight is 229 g/mol. The molecule has 0 amide bonds. The van der Waals surface area contributed by atoms with Gasteiger partial charge in [0.25, 0.3) is 0 Å². The molecule has 0 aromatic heterocycles. The first-order valence-electron chi connectivity index (χ1n) is 4.19. The van der Waals surface area contributed by atoms with Crippen LogP contribution in [0.5, 0.6) is 0 Å². The molecule has 0 saturated heterocycles. The van der Waals surface area contributed by atoms with Gasteiger partial charge in [-0.1, -0.05) is 0 Å². The molecule has 0 aromatic carbocycles. The van der Waals surface area contributed by atoms with Gasteiger partial charge in [-0.05, 0) is 0 Å². The van der Waals surface area contributed by atoms with Crippen molar-refractivity contribution in [2.24, 2.45) is 0 Å². The van der Waals surface area contributed by atoms with Crippen LogP contribution in [-0.2, 0) is 7.53 Å². The van der Waals surface area contributed by atoms with Crippen LogP contribution in [0, 0.1) is 0 Å². The van der Waals surface area contributed by atoms with E-state index in [1.165, 1.54) is 4.41 Å². The van der Waals surface area contributed by atoms with Gasteiger partial charge in [0.2, 0.25) is 0 Å². The molecule has 0 fully saturated rings. The van der Waals surface area contributed by atoms with Crippen molar-refractivity contribution in [3.8, 4) is 0 Å². The third-order valence-corrected chi connectivity index (χ3v) is 8.97. The number of hydrogen-bond acceptors (Lipinski definition) is 2. The predicted molar refractivity (Wildman–Crippen MR) is 52.1 cm³/mol. The molecule has 1 aliphatic rings. The fraction of sp³-hybridized carbons (Fsp3) is 0.556. The van der Waals surface area contributed by atoms with Crippen molar-refractivity contribution < 1.29 is 7.53 Å². The zero-order chi connectivity index (χ0) is 9.03. The Bertz CT molecular complexity index is 205. The summed E-state index contributed by atoms with van der Waals surface area (Å²) in [4.78, 5) is 0. The molecule has 68 valence electrons. The van der Waals surface area contributed by atoms with Crippen molar-refractivity contribution in [1.29, 1.82) is 0 Å². The van der Waals surface area contributed by atoms with Crippen molar-refractivity contribution in [1.82, 2.24) is 0 Å². The Hall–Kier alpha value is -0.0571. The first kappa shape index (κ1) is 10.0. The molecule has 2 nitrogen and oxygen atoms in total. The molecule has 0 atom stereocenters. The van der Waals surface area contributed by atoms with Gasteiger partial charge < -0.3 is 0 Å². The standard InChI is InChI=1S/C9H16GeO2/c1-10(11-2,12-3)9-7-5-4-6-8-9/h4-5,7H,6,8H2,1-3H3. The van der Waals surface area contributed by atoms with Crippen LogP contribution in [0.4, 0.5) is 0 Å². The van der Waals surface area contributed by atoms with E-state index in [1.54, 1.807) is 14.2 Å². The normalized spacial score (nSPS) is 17.8. The Morgan fingerprint density at radius 2 is 2.00 bits per heavy atom. The summed E-state index contributed by atoms with van der Waals surface area (Å²) in [5, 5.41) is 0. The zero-order valence-electron chi connectivity index (χ0n) is 7.96. The van der Waals surface area contributed by atoms with E-state index in [1.807, 2.05) is 0 Å². The van der Waals surface area contributed by atoms with E-state index >= 15 is 0 Å². The van der Waals surface area contributed by atoms with E-state index in [0.717, 1.165) is 12.8 Å². The van der Waals surface area contributed by atoms with E-state index in [-0.39, 0.29) is 0 Å². The minimum absolute atomic E-state index is 1.11. The van der Waals surface area contributed by atoms with Crippen molar-refractivity contribution in [3.63, 3.8) is 0 Å². The van der Waals surface area contributed by atoms with Gasteiger partial charge in [0.1, 0.15) is 0 Å². The average Bonchev–Trinajstić information content (AvgIpc) is 2.18. The number of allylic oxidation sites excluding steroid dienone is 4. The van der Waals surface area contributed by atoms with Crippen LogP contribution in [0.25, 0.3) is 0 Å². The zero-order valence-corrected chi connectivity index (χ0v) is 10.1. The Kier molecular flexibility index (Phi) is 3.56. The first-order chi connectivity index (χ1) is 5.73. The van der Waals surface area contributed by atoms with Crippen LogP contribution in [0.15, 0.2) is 22.6 Å². The molecule has 0 aromatic rings. The molecule has 0 heterocycles. The molecule has 0 spiro atoms. The Balaban J connectivity index is 2.77. The van der Waals surface area contributed by atoms with E-state index in [0.29, 0.717) is 0 Å². The molecule has 1 aliphatic carbocycles. The molecule has 0 bridgehead atoms. The van der Waals surface area contributed by atoms with Crippen LogP contribution in [0.3, 0.4) is 0 Å². The third kappa shape index (κ3) is 2.00. The van der Waals surface area contributed by atoms with E-state index in [2.05, 4.69) is 24.0 Å². The summed E-state index contributed by atoms with van der Waals surface area (Å²) < 4.78 is 12.4. The molecule has 0 aliphatic heterocycles. The third-order valence-electron chi connectivity index (χ3n) is 2.38. The topological polar surface area (TPSA) is 18.5 Å². The predicted octanol–water partition coefficient (Wildman–Crippen LogP) is 2.17.